The molecule has 3 heteroatoms. The van der Waals surface area contributed by atoms with Crippen molar-refractivity contribution >= 4 is 0 Å². The first-order valence-corrected chi connectivity index (χ1v) is 5.10. The largest absolute Gasteiger partial charge is 0.394 e. The van der Waals surface area contributed by atoms with Crippen molar-refractivity contribution in [2.45, 2.75) is 31.3 Å². The Labute approximate surface area is 84.2 Å². The molecule has 2 rings (SSSR count). The molecule has 1 fully saturated rings. The molecule has 0 spiro atoms. The van der Waals surface area contributed by atoms with Gasteiger partial charge in [-0.3, -0.25) is 4.98 Å². The van der Waals surface area contributed by atoms with Crippen LogP contribution in [0.5, 0.6) is 0 Å². The summed E-state index contributed by atoms with van der Waals surface area (Å²) in [5, 5.41) is 12.6. The Morgan fingerprint density at radius 1 is 1.43 bits per heavy atom. The first kappa shape index (κ1) is 9.62. The summed E-state index contributed by atoms with van der Waals surface area (Å²) in [7, 11) is 0. The topological polar surface area (TPSA) is 45.1 Å². The molecule has 1 heterocycles. The van der Waals surface area contributed by atoms with Crippen LogP contribution in [0.25, 0.3) is 0 Å². The third kappa shape index (κ3) is 1.94. The lowest BCUT2D eigenvalue weighted by atomic mass is 9.77. The maximum Gasteiger partial charge on any atom is 0.0613 e. The molecule has 0 aromatic carbocycles. The molecule has 2 N–H and O–H groups in total. The quantitative estimate of drug-likeness (QED) is 0.750. The monoisotopic (exact) mass is 192 g/mol. The number of nitrogens with one attached hydrogen (secondary N) is 1. The lowest BCUT2D eigenvalue weighted by Crippen LogP contribution is -2.53. The van der Waals surface area contributed by atoms with Crippen molar-refractivity contribution in [1.82, 2.24) is 10.3 Å². The first-order chi connectivity index (χ1) is 6.85. The van der Waals surface area contributed by atoms with Gasteiger partial charge in [-0.15, -0.1) is 0 Å². The number of aromatic nitrogens is 1. The Hall–Kier alpha value is -0.930. The molecule has 0 radical (unpaired) electrons. The zero-order valence-corrected chi connectivity index (χ0v) is 8.24. The van der Waals surface area contributed by atoms with Crippen molar-refractivity contribution in [2.24, 2.45) is 0 Å². The highest BCUT2D eigenvalue weighted by Crippen LogP contribution is 2.31. The van der Waals surface area contributed by atoms with Crippen molar-refractivity contribution in [1.29, 1.82) is 0 Å². The van der Waals surface area contributed by atoms with Crippen molar-refractivity contribution in [2.75, 3.05) is 6.61 Å². The highest BCUT2D eigenvalue weighted by molar-refractivity contribution is 5.05. The third-order valence-corrected chi connectivity index (χ3v) is 2.98. The highest BCUT2D eigenvalue weighted by atomic mass is 16.3. The number of aliphatic hydroxyl groups is 1. The van der Waals surface area contributed by atoms with Gasteiger partial charge >= 0.3 is 0 Å². The van der Waals surface area contributed by atoms with Crippen LogP contribution in [0.2, 0.25) is 0 Å². The molecule has 1 aromatic heterocycles. The van der Waals surface area contributed by atoms with Crippen LogP contribution >= 0.6 is 0 Å². The number of aliphatic hydroxyl groups excluding tert-OH is 1. The van der Waals surface area contributed by atoms with E-state index in [2.05, 4.69) is 10.3 Å². The van der Waals surface area contributed by atoms with E-state index in [-0.39, 0.29) is 12.1 Å². The number of pyridine rings is 1. The minimum Gasteiger partial charge on any atom is -0.394 e. The molecule has 0 unspecified atom stereocenters. The van der Waals surface area contributed by atoms with Gasteiger partial charge in [-0.25, -0.2) is 0 Å². The zero-order chi connectivity index (χ0) is 9.86. The fourth-order valence-electron chi connectivity index (χ4n) is 1.78. The summed E-state index contributed by atoms with van der Waals surface area (Å²) in [6, 6.07) is 5.89. The summed E-state index contributed by atoms with van der Waals surface area (Å²) in [5.41, 5.74) is 1.02. The molecule has 1 saturated carbocycles. The van der Waals surface area contributed by atoms with E-state index >= 15 is 0 Å². The van der Waals surface area contributed by atoms with Gasteiger partial charge < -0.3 is 10.4 Å². The molecule has 1 aliphatic carbocycles. The van der Waals surface area contributed by atoms with Gasteiger partial charge in [-0.05, 0) is 31.4 Å². The second-order valence-electron chi connectivity index (χ2n) is 3.97. The van der Waals surface area contributed by atoms with E-state index in [0.29, 0.717) is 0 Å². The van der Waals surface area contributed by atoms with Crippen LogP contribution in [-0.2, 0) is 6.54 Å². The SMILES string of the molecule is OCC1(NCc2ccccn2)CCC1. The molecule has 3 nitrogen and oxygen atoms in total. The Morgan fingerprint density at radius 3 is 2.79 bits per heavy atom. The molecular weight excluding hydrogens is 176 g/mol. The Kier molecular flexibility index (Phi) is 2.79. The Morgan fingerprint density at radius 2 is 2.29 bits per heavy atom. The van der Waals surface area contributed by atoms with Crippen molar-refractivity contribution < 1.29 is 5.11 Å². The third-order valence-electron chi connectivity index (χ3n) is 2.98. The zero-order valence-electron chi connectivity index (χ0n) is 8.24. The highest BCUT2D eigenvalue weighted by Gasteiger charge is 2.35. The van der Waals surface area contributed by atoms with Gasteiger partial charge in [0, 0.05) is 18.3 Å². The van der Waals surface area contributed by atoms with Crippen LogP contribution < -0.4 is 5.32 Å². The number of hydrogen-bond donors (Lipinski definition) is 2. The normalized spacial score (nSPS) is 18.9. The fraction of sp³-hybridized carbons (Fsp3) is 0.545. The molecule has 0 saturated heterocycles. The van der Waals surface area contributed by atoms with Crippen LogP contribution in [0.4, 0.5) is 0 Å². The van der Waals surface area contributed by atoms with E-state index in [1.165, 1.54) is 6.42 Å². The molecule has 76 valence electrons. The van der Waals surface area contributed by atoms with Crippen LogP contribution in [0.3, 0.4) is 0 Å². The van der Waals surface area contributed by atoms with Crippen LogP contribution in [0, 0.1) is 0 Å². The summed E-state index contributed by atoms with van der Waals surface area (Å²) >= 11 is 0. The van der Waals surface area contributed by atoms with Gasteiger partial charge in [0.05, 0.1) is 12.3 Å². The molecule has 1 aliphatic rings. The van der Waals surface area contributed by atoms with Crippen molar-refractivity contribution in [3.05, 3.63) is 30.1 Å². The van der Waals surface area contributed by atoms with Gasteiger partial charge in [0.2, 0.25) is 0 Å². The fourth-order valence-corrected chi connectivity index (χ4v) is 1.78. The summed E-state index contributed by atoms with van der Waals surface area (Å²) in [6.07, 6.45) is 5.17. The predicted octanol–water partition coefficient (Wildman–Crippen LogP) is 1.09. The lowest BCUT2D eigenvalue weighted by Gasteiger charge is -2.41. The van der Waals surface area contributed by atoms with Crippen molar-refractivity contribution in [3.63, 3.8) is 0 Å². The maximum atomic E-state index is 9.23. The van der Waals surface area contributed by atoms with E-state index < -0.39 is 0 Å². The molecule has 0 bridgehead atoms. The van der Waals surface area contributed by atoms with Gasteiger partial charge in [0.1, 0.15) is 0 Å². The summed E-state index contributed by atoms with van der Waals surface area (Å²) in [4.78, 5) is 4.23. The van der Waals surface area contributed by atoms with Crippen LogP contribution in [0.1, 0.15) is 25.0 Å². The molecule has 14 heavy (non-hydrogen) atoms. The number of rotatable bonds is 4. The van der Waals surface area contributed by atoms with Crippen LogP contribution in [-0.4, -0.2) is 22.2 Å². The van der Waals surface area contributed by atoms with E-state index in [1.54, 1.807) is 6.20 Å². The summed E-state index contributed by atoms with van der Waals surface area (Å²) in [5.74, 6) is 0. The first-order valence-electron chi connectivity index (χ1n) is 5.10. The molecule has 1 aromatic rings. The average molecular weight is 192 g/mol. The van der Waals surface area contributed by atoms with E-state index in [4.69, 9.17) is 0 Å². The van der Waals surface area contributed by atoms with E-state index in [1.807, 2.05) is 18.2 Å². The van der Waals surface area contributed by atoms with Crippen molar-refractivity contribution in [3.8, 4) is 0 Å². The molecule has 0 amide bonds. The minimum absolute atomic E-state index is 0.0163. The lowest BCUT2D eigenvalue weighted by molar-refractivity contribution is 0.0869. The second kappa shape index (κ2) is 4.07. The van der Waals surface area contributed by atoms with Gasteiger partial charge in [-0.1, -0.05) is 6.07 Å². The van der Waals surface area contributed by atoms with Gasteiger partial charge in [0.25, 0.3) is 0 Å². The Balaban J connectivity index is 1.88. The molecule has 0 aliphatic heterocycles. The summed E-state index contributed by atoms with van der Waals surface area (Å²) < 4.78 is 0. The molecule has 0 atom stereocenters. The second-order valence-corrected chi connectivity index (χ2v) is 3.97. The smallest absolute Gasteiger partial charge is 0.0613 e. The Bertz CT molecular complexity index is 277. The minimum atomic E-state index is -0.0163. The van der Waals surface area contributed by atoms with Gasteiger partial charge in [-0.2, -0.15) is 0 Å². The standard InChI is InChI=1S/C11H16N2O/c14-9-11(5-3-6-11)13-8-10-4-1-2-7-12-10/h1-2,4,7,13-14H,3,5-6,8-9H2. The maximum absolute atomic E-state index is 9.23. The summed E-state index contributed by atoms with van der Waals surface area (Å²) in [6.45, 7) is 0.987. The van der Waals surface area contributed by atoms with Crippen LogP contribution in [0.15, 0.2) is 24.4 Å². The number of nitrogens with zero attached hydrogens (tertiary/aromatic N) is 1. The molecular formula is C11H16N2O. The average Bonchev–Trinajstić information content (AvgIpc) is 2.19. The van der Waals surface area contributed by atoms with E-state index in [0.717, 1.165) is 25.1 Å². The number of hydrogen-bond acceptors (Lipinski definition) is 3. The van der Waals surface area contributed by atoms with Gasteiger partial charge in [0.15, 0.2) is 0 Å². The predicted molar refractivity (Wildman–Crippen MR) is 54.7 cm³/mol. The van der Waals surface area contributed by atoms with E-state index in [9.17, 15) is 5.11 Å².